The predicted octanol–water partition coefficient (Wildman–Crippen LogP) is 8.87. The SMILES string of the molecule is C[C@@H]1[C@@H](O[Si](c2ccccc2)(c2ccccc2)C(C)(C)C)C[C@@]2(O[C@@H]([C@H]3CO3)[C@@H](O[Si](C)(C)C(C)(C)C)C2(C)C)O[C@@H]1CCOCc1ccccc1. The maximum Gasteiger partial charge on any atom is 0.261 e. The summed E-state index contributed by atoms with van der Waals surface area (Å²) in [6.07, 6.45) is 0.631. The average molecular weight is 745 g/mol. The van der Waals surface area contributed by atoms with E-state index in [1.165, 1.54) is 15.9 Å². The van der Waals surface area contributed by atoms with Crippen LogP contribution in [0.15, 0.2) is 91.0 Å². The third-order valence-electron chi connectivity index (χ3n) is 12.7. The summed E-state index contributed by atoms with van der Waals surface area (Å²) in [5, 5.41) is 2.43. The van der Waals surface area contributed by atoms with Crippen molar-refractivity contribution >= 4 is 27.0 Å². The first-order chi connectivity index (χ1) is 24.4. The summed E-state index contributed by atoms with van der Waals surface area (Å²) in [6, 6.07) is 32.3. The lowest BCUT2D eigenvalue weighted by Gasteiger charge is -2.54. The van der Waals surface area contributed by atoms with Gasteiger partial charge in [-0.25, -0.2) is 0 Å². The lowest BCUT2D eigenvalue weighted by Crippen LogP contribution is -2.70. The highest BCUT2D eigenvalue weighted by atomic mass is 28.4. The predicted molar refractivity (Wildman–Crippen MR) is 215 cm³/mol. The number of benzene rings is 3. The molecule has 3 aromatic rings. The molecule has 0 saturated carbocycles. The molecule has 0 bridgehead atoms. The van der Waals surface area contributed by atoms with Crippen LogP contribution in [0.25, 0.3) is 0 Å². The number of hydrogen-bond donors (Lipinski definition) is 0. The van der Waals surface area contributed by atoms with Gasteiger partial charge < -0.3 is 27.8 Å². The highest BCUT2D eigenvalue weighted by Crippen LogP contribution is 2.58. The lowest BCUT2D eigenvalue weighted by atomic mass is 9.73. The van der Waals surface area contributed by atoms with Crippen molar-refractivity contribution in [1.82, 2.24) is 0 Å². The third kappa shape index (κ3) is 7.56. The highest BCUT2D eigenvalue weighted by Gasteiger charge is 2.69. The van der Waals surface area contributed by atoms with Crippen molar-refractivity contribution in [2.45, 2.75) is 141 Å². The molecule has 3 fully saturated rings. The number of epoxide rings is 1. The Morgan fingerprint density at radius 1 is 0.750 bits per heavy atom. The van der Waals surface area contributed by atoms with E-state index in [0.717, 1.165) is 6.42 Å². The zero-order valence-electron chi connectivity index (χ0n) is 33.6. The van der Waals surface area contributed by atoms with Crippen molar-refractivity contribution in [2.24, 2.45) is 11.3 Å². The Labute approximate surface area is 316 Å². The minimum atomic E-state index is -2.90. The van der Waals surface area contributed by atoms with E-state index in [4.69, 9.17) is 27.8 Å². The van der Waals surface area contributed by atoms with Gasteiger partial charge in [0.2, 0.25) is 0 Å². The van der Waals surface area contributed by atoms with Crippen LogP contribution in [0.4, 0.5) is 0 Å². The first kappa shape index (κ1) is 39.5. The van der Waals surface area contributed by atoms with Crippen LogP contribution >= 0.6 is 0 Å². The van der Waals surface area contributed by atoms with Gasteiger partial charge in [-0.2, -0.15) is 0 Å². The van der Waals surface area contributed by atoms with Crippen LogP contribution in [0.1, 0.15) is 80.7 Å². The number of ether oxygens (including phenoxy) is 4. The zero-order valence-corrected chi connectivity index (χ0v) is 35.6. The minimum absolute atomic E-state index is 0.0000656. The molecule has 52 heavy (non-hydrogen) atoms. The van der Waals surface area contributed by atoms with Crippen molar-refractivity contribution < 1.29 is 27.8 Å². The van der Waals surface area contributed by atoms with E-state index >= 15 is 0 Å². The van der Waals surface area contributed by atoms with Gasteiger partial charge in [0.1, 0.15) is 12.2 Å². The van der Waals surface area contributed by atoms with Gasteiger partial charge in [0.25, 0.3) is 8.32 Å². The van der Waals surface area contributed by atoms with Gasteiger partial charge in [0.05, 0.1) is 31.5 Å². The molecule has 0 radical (unpaired) electrons. The summed E-state index contributed by atoms with van der Waals surface area (Å²) in [5.74, 6) is -0.855. The summed E-state index contributed by atoms with van der Waals surface area (Å²) in [7, 11) is -5.09. The fraction of sp³-hybridized carbons (Fsp3) is 0.591. The van der Waals surface area contributed by atoms with Crippen LogP contribution in [0.3, 0.4) is 0 Å². The van der Waals surface area contributed by atoms with E-state index in [9.17, 15) is 0 Å². The van der Waals surface area contributed by atoms with Crippen LogP contribution in [0.5, 0.6) is 0 Å². The third-order valence-corrected chi connectivity index (χ3v) is 22.2. The largest absolute Gasteiger partial charge is 0.410 e. The van der Waals surface area contributed by atoms with Gasteiger partial charge in [0, 0.05) is 24.4 Å². The van der Waals surface area contributed by atoms with Gasteiger partial charge in [-0.05, 0) is 45.5 Å². The number of hydrogen-bond acceptors (Lipinski definition) is 6. The molecule has 3 heterocycles. The van der Waals surface area contributed by atoms with Crippen molar-refractivity contribution in [3.63, 3.8) is 0 Å². The topological polar surface area (TPSA) is 58.7 Å². The highest BCUT2D eigenvalue weighted by molar-refractivity contribution is 6.99. The van der Waals surface area contributed by atoms with E-state index in [1.54, 1.807) is 0 Å². The second-order valence-electron chi connectivity index (χ2n) is 18.6. The van der Waals surface area contributed by atoms with E-state index in [-0.39, 0.29) is 46.5 Å². The molecule has 3 aromatic carbocycles. The van der Waals surface area contributed by atoms with Gasteiger partial charge in [-0.15, -0.1) is 0 Å². The molecule has 0 amide bonds. The molecule has 8 heteroatoms. The first-order valence-corrected chi connectivity index (χ1v) is 24.3. The average Bonchev–Trinajstić information content (AvgIpc) is 3.92. The molecule has 6 rings (SSSR count). The Morgan fingerprint density at radius 3 is 1.79 bits per heavy atom. The quantitative estimate of drug-likeness (QED) is 0.105. The lowest BCUT2D eigenvalue weighted by molar-refractivity contribution is -0.331. The molecule has 0 aliphatic carbocycles. The Bertz CT molecular complexity index is 1560. The van der Waals surface area contributed by atoms with Gasteiger partial charge in [-0.3, -0.25) is 0 Å². The molecule has 3 saturated heterocycles. The minimum Gasteiger partial charge on any atom is -0.410 e. The maximum absolute atomic E-state index is 7.99. The molecule has 0 unspecified atom stereocenters. The van der Waals surface area contributed by atoms with Gasteiger partial charge >= 0.3 is 0 Å². The second-order valence-corrected chi connectivity index (χ2v) is 27.6. The van der Waals surface area contributed by atoms with E-state index in [0.29, 0.717) is 26.2 Å². The van der Waals surface area contributed by atoms with Crippen LogP contribution in [0, 0.1) is 11.3 Å². The van der Waals surface area contributed by atoms with Crippen molar-refractivity contribution in [3.8, 4) is 0 Å². The Hall–Kier alpha value is -2.15. The Kier molecular flexibility index (Phi) is 11.3. The zero-order chi connectivity index (χ0) is 37.6. The van der Waals surface area contributed by atoms with Gasteiger partial charge in [-0.1, -0.05) is 153 Å². The Balaban J connectivity index is 1.41. The van der Waals surface area contributed by atoms with E-state index in [1.807, 2.05) is 6.07 Å². The van der Waals surface area contributed by atoms with Crippen molar-refractivity contribution in [1.29, 1.82) is 0 Å². The standard InChI is InChI=1S/C44H64O6Si2/c1-32-36(27-28-45-30-33-21-15-12-16-22-33)47-44(43(8,9)40(39(48-44)38-31-46-38)50-51(10,11)41(2,3)4)29-37(32)49-52(42(5,6)7,34-23-17-13-18-24-34)35-25-19-14-20-26-35/h12-26,32,36-40H,27-31H2,1-11H3/t32-,36+,37-,38+,39-,40+,44-/m0/s1. The molecule has 0 N–H and O–H groups in total. The molecule has 3 aliphatic rings. The van der Waals surface area contributed by atoms with E-state index < -0.39 is 27.8 Å². The summed E-state index contributed by atoms with van der Waals surface area (Å²) in [4.78, 5) is 0. The first-order valence-electron chi connectivity index (χ1n) is 19.5. The van der Waals surface area contributed by atoms with Crippen LogP contribution in [-0.2, 0) is 34.4 Å². The monoisotopic (exact) mass is 744 g/mol. The summed E-state index contributed by atoms with van der Waals surface area (Å²) < 4.78 is 42.4. The molecular weight excluding hydrogens is 681 g/mol. The Morgan fingerprint density at radius 2 is 1.29 bits per heavy atom. The molecule has 1 spiro atoms. The maximum atomic E-state index is 7.99. The van der Waals surface area contributed by atoms with Crippen molar-refractivity contribution in [3.05, 3.63) is 96.6 Å². The summed E-state index contributed by atoms with van der Waals surface area (Å²) >= 11 is 0. The molecule has 6 nitrogen and oxygen atoms in total. The molecule has 0 aromatic heterocycles. The van der Waals surface area contributed by atoms with E-state index in [2.05, 4.69) is 160 Å². The summed E-state index contributed by atoms with van der Waals surface area (Å²) in [6.45, 7) is 27.4. The normalized spacial score (nSPS) is 29.4. The second kappa shape index (κ2) is 14.8. The molecule has 284 valence electrons. The smallest absolute Gasteiger partial charge is 0.261 e. The molecule has 3 aliphatic heterocycles. The van der Waals surface area contributed by atoms with Crippen LogP contribution in [0.2, 0.25) is 23.2 Å². The van der Waals surface area contributed by atoms with Crippen molar-refractivity contribution in [2.75, 3.05) is 13.2 Å². The molecular formula is C44H64O6Si2. The molecule has 7 atom stereocenters. The summed E-state index contributed by atoms with van der Waals surface area (Å²) in [5.41, 5.74) is 0.679. The van der Waals surface area contributed by atoms with Crippen LogP contribution in [-0.4, -0.2) is 66.2 Å². The van der Waals surface area contributed by atoms with Gasteiger partial charge in [0.15, 0.2) is 14.1 Å². The number of rotatable bonds is 12. The fourth-order valence-electron chi connectivity index (χ4n) is 8.22. The van der Waals surface area contributed by atoms with Crippen LogP contribution < -0.4 is 10.4 Å². The fourth-order valence-corrected chi connectivity index (χ4v) is 14.4.